The number of rotatable bonds is 3. The van der Waals surface area contributed by atoms with Crippen molar-refractivity contribution in [2.45, 2.75) is 38.2 Å². The molecule has 1 N–H and O–H groups in total. The summed E-state index contributed by atoms with van der Waals surface area (Å²) in [6, 6.07) is 4.54. The smallest absolute Gasteiger partial charge is 0.142 e. The van der Waals surface area contributed by atoms with Crippen LogP contribution in [-0.4, -0.2) is 5.11 Å². The molecule has 1 aromatic rings. The molecule has 1 atom stereocenters. The van der Waals surface area contributed by atoms with Gasteiger partial charge in [0, 0.05) is 0 Å². The summed E-state index contributed by atoms with van der Waals surface area (Å²) in [6.07, 6.45) is 5.06. The van der Waals surface area contributed by atoms with Crippen molar-refractivity contribution in [2.24, 2.45) is 5.92 Å². The van der Waals surface area contributed by atoms with Crippen LogP contribution in [0.4, 0.5) is 4.39 Å². The van der Waals surface area contributed by atoms with Crippen molar-refractivity contribution in [3.05, 3.63) is 34.6 Å². The first-order chi connectivity index (χ1) is 7.66. The van der Waals surface area contributed by atoms with Gasteiger partial charge in [0.15, 0.2) is 0 Å². The largest absolute Gasteiger partial charge is 0.388 e. The number of aliphatic hydroxyl groups is 1. The van der Waals surface area contributed by atoms with Gasteiger partial charge in [0.05, 0.1) is 11.1 Å². The van der Waals surface area contributed by atoms with Crippen LogP contribution in [0.3, 0.4) is 0 Å². The summed E-state index contributed by atoms with van der Waals surface area (Å²) in [5.74, 6) is 0.137. The van der Waals surface area contributed by atoms with E-state index in [-0.39, 0.29) is 5.02 Å². The van der Waals surface area contributed by atoms with Gasteiger partial charge >= 0.3 is 0 Å². The monoisotopic (exact) mass is 242 g/mol. The Labute approximate surface area is 100 Å². The van der Waals surface area contributed by atoms with E-state index in [1.807, 2.05) is 0 Å². The van der Waals surface area contributed by atoms with Gasteiger partial charge in [-0.25, -0.2) is 4.39 Å². The molecule has 0 amide bonds. The molecule has 0 aliphatic heterocycles. The molecule has 1 saturated carbocycles. The zero-order valence-electron chi connectivity index (χ0n) is 9.13. The summed E-state index contributed by atoms with van der Waals surface area (Å²) in [4.78, 5) is 0. The van der Waals surface area contributed by atoms with Crippen LogP contribution < -0.4 is 0 Å². The van der Waals surface area contributed by atoms with Gasteiger partial charge in [-0.1, -0.05) is 43.4 Å². The molecule has 1 aromatic carbocycles. The summed E-state index contributed by atoms with van der Waals surface area (Å²) in [6.45, 7) is 0. The van der Waals surface area contributed by atoms with E-state index in [2.05, 4.69) is 0 Å². The second-order valence-electron chi connectivity index (χ2n) is 4.58. The highest BCUT2D eigenvalue weighted by atomic mass is 35.5. The zero-order valence-corrected chi connectivity index (χ0v) is 9.88. The number of hydrogen-bond donors (Lipinski definition) is 1. The molecule has 1 unspecified atom stereocenters. The topological polar surface area (TPSA) is 20.2 Å². The van der Waals surface area contributed by atoms with Gasteiger partial charge < -0.3 is 5.11 Å². The van der Waals surface area contributed by atoms with Crippen LogP contribution >= 0.6 is 11.6 Å². The lowest BCUT2D eigenvalue weighted by molar-refractivity contribution is 0.144. The Balaban J connectivity index is 2.02. The number of halogens is 2. The van der Waals surface area contributed by atoms with Crippen LogP contribution in [0, 0.1) is 11.7 Å². The molecule has 2 rings (SSSR count). The first-order valence-corrected chi connectivity index (χ1v) is 6.17. The molecule has 0 aromatic heterocycles. The molecule has 0 saturated heterocycles. The summed E-state index contributed by atoms with van der Waals surface area (Å²) in [5, 5.41) is 10.1. The van der Waals surface area contributed by atoms with Crippen molar-refractivity contribution in [1.82, 2.24) is 0 Å². The van der Waals surface area contributed by atoms with Gasteiger partial charge in [-0.3, -0.25) is 0 Å². The molecule has 1 fully saturated rings. The van der Waals surface area contributed by atoms with Crippen molar-refractivity contribution in [1.29, 1.82) is 0 Å². The van der Waals surface area contributed by atoms with Crippen LogP contribution in [0.2, 0.25) is 5.02 Å². The van der Waals surface area contributed by atoms with Crippen LogP contribution in [-0.2, 0) is 0 Å². The molecule has 3 heteroatoms. The van der Waals surface area contributed by atoms with Crippen LogP contribution in [0.25, 0.3) is 0 Å². The van der Waals surface area contributed by atoms with E-state index >= 15 is 0 Å². The molecule has 0 spiro atoms. The Morgan fingerprint density at radius 3 is 2.69 bits per heavy atom. The Hall–Kier alpha value is -0.600. The van der Waals surface area contributed by atoms with E-state index in [9.17, 15) is 9.50 Å². The number of aliphatic hydroxyl groups excluding tert-OH is 1. The molecule has 16 heavy (non-hydrogen) atoms. The second kappa shape index (κ2) is 5.15. The predicted octanol–water partition coefficient (Wildman–Crippen LogP) is 4.09. The third-order valence-electron chi connectivity index (χ3n) is 3.36. The Bertz CT molecular complexity index is 361. The molecule has 1 aliphatic rings. The first kappa shape index (κ1) is 11.9. The van der Waals surface area contributed by atoms with E-state index in [4.69, 9.17) is 11.6 Å². The lowest BCUT2D eigenvalue weighted by Gasteiger charge is -2.15. The maximum absolute atomic E-state index is 13.2. The van der Waals surface area contributed by atoms with E-state index < -0.39 is 11.9 Å². The molecular formula is C13H16ClFO. The molecule has 1 nitrogen and oxygen atoms in total. The average Bonchev–Trinajstić information content (AvgIpc) is 2.74. The minimum Gasteiger partial charge on any atom is -0.388 e. The summed E-state index contributed by atoms with van der Waals surface area (Å²) >= 11 is 5.60. The number of hydrogen-bond acceptors (Lipinski definition) is 1. The van der Waals surface area contributed by atoms with Gasteiger partial charge in [0.1, 0.15) is 5.82 Å². The summed E-state index contributed by atoms with van der Waals surface area (Å²) in [5.41, 5.74) is 0.633. The lowest BCUT2D eigenvalue weighted by atomic mass is 9.96. The third kappa shape index (κ3) is 2.74. The fourth-order valence-corrected chi connectivity index (χ4v) is 2.54. The van der Waals surface area contributed by atoms with Gasteiger partial charge in [-0.15, -0.1) is 0 Å². The standard InChI is InChI=1S/C13H16ClFO/c14-11-6-5-10(8-12(11)15)13(16)7-9-3-1-2-4-9/h5-6,8-9,13,16H,1-4,7H2. The maximum atomic E-state index is 13.2. The van der Waals surface area contributed by atoms with Crippen molar-refractivity contribution in [3.8, 4) is 0 Å². The minimum atomic E-state index is -0.560. The molecule has 0 heterocycles. The highest BCUT2D eigenvalue weighted by Crippen LogP contribution is 2.33. The highest BCUT2D eigenvalue weighted by molar-refractivity contribution is 6.30. The third-order valence-corrected chi connectivity index (χ3v) is 3.67. The van der Waals surface area contributed by atoms with Gasteiger partial charge in [-0.05, 0) is 30.0 Å². The molecule has 0 bridgehead atoms. The van der Waals surface area contributed by atoms with Crippen LogP contribution in [0.15, 0.2) is 18.2 Å². The Morgan fingerprint density at radius 2 is 2.06 bits per heavy atom. The fourth-order valence-electron chi connectivity index (χ4n) is 2.42. The van der Waals surface area contributed by atoms with Crippen LogP contribution in [0.5, 0.6) is 0 Å². The van der Waals surface area contributed by atoms with Crippen molar-refractivity contribution in [3.63, 3.8) is 0 Å². The fraction of sp³-hybridized carbons (Fsp3) is 0.538. The van der Waals surface area contributed by atoms with E-state index in [0.29, 0.717) is 11.5 Å². The summed E-state index contributed by atoms with van der Waals surface area (Å²) in [7, 11) is 0. The Kier molecular flexibility index (Phi) is 3.82. The minimum absolute atomic E-state index is 0.108. The average molecular weight is 243 g/mol. The van der Waals surface area contributed by atoms with E-state index in [1.54, 1.807) is 6.07 Å². The van der Waals surface area contributed by atoms with Crippen molar-refractivity contribution < 1.29 is 9.50 Å². The maximum Gasteiger partial charge on any atom is 0.142 e. The Morgan fingerprint density at radius 1 is 1.38 bits per heavy atom. The van der Waals surface area contributed by atoms with Crippen LogP contribution in [0.1, 0.15) is 43.8 Å². The molecule has 0 radical (unpaired) electrons. The molecule has 88 valence electrons. The predicted molar refractivity (Wildman–Crippen MR) is 62.9 cm³/mol. The highest BCUT2D eigenvalue weighted by Gasteiger charge is 2.20. The van der Waals surface area contributed by atoms with E-state index in [0.717, 1.165) is 6.42 Å². The normalized spacial score (nSPS) is 18.9. The second-order valence-corrected chi connectivity index (χ2v) is 4.98. The zero-order chi connectivity index (χ0) is 11.5. The van der Waals surface area contributed by atoms with Gasteiger partial charge in [0.2, 0.25) is 0 Å². The quantitative estimate of drug-likeness (QED) is 0.846. The summed E-state index contributed by atoms with van der Waals surface area (Å²) < 4.78 is 13.2. The molecular weight excluding hydrogens is 227 g/mol. The van der Waals surface area contributed by atoms with Gasteiger partial charge in [0.25, 0.3) is 0 Å². The first-order valence-electron chi connectivity index (χ1n) is 5.80. The molecule has 1 aliphatic carbocycles. The van der Waals surface area contributed by atoms with E-state index in [1.165, 1.54) is 37.8 Å². The van der Waals surface area contributed by atoms with Gasteiger partial charge in [-0.2, -0.15) is 0 Å². The SMILES string of the molecule is OC(CC1CCCC1)c1ccc(Cl)c(F)c1. The van der Waals surface area contributed by atoms with Crippen molar-refractivity contribution in [2.75, 3.05) is 0 Å². The lowest BCUT2D eigenvalue weighted by Crippen LogP contribution is -2.04. The number of benzene rings is 1. The van der Waals surface area contributed by atoms with Crippen molar-refractivity contribution >= 4 is 11.6 Å².